The minimum atomic E-state index is -0.471. The Morgan fingerprint density at radius 1 is 1.39 bits per heavy atom. The first-order valence-electron chi connectivity index (χ1n) is 6.52. The molecule has 1 heterocycles. The molecule has 1 aromatic carbocycles. The number of nitrogens with two attached hydrogens (primary N) is 1. The van der Waals surface area contributed by atoms with Crippen LogP contribution in [0.25, 0.3) is 0 Å². The Labute approximate surface area is 107 Å². The number of halogens is 2. The fraction of sp³-hybridized carbons (Fsp3) is 0.571. The van der Waals surface area contributed by atoms with Gasteiger partial charge in [-0.2, -0.15) is 0 Å². The molecule has 2 rings (SSSR count). The minimum Gasteiger partial charge on any atom is -0.323 e. The van der Waals surface area contributed by atoms with E-state index in [9.17, 15) is 8.78 Å². The van der Waals surface area contributed by atoms with Crippen molar-refractivity contribution in [1.29, 1.82) is 0 Å². The lowest BCUT2D eigenvalue weighted by molar-refractivity contribution is 0.151. The molecule has 1 fully saturated rings. The molecular weight excluding hydrogens is 234 g/mol. The first-order valence-corrected chi connectivity index (χ1v) is 6.52. The lowest BCUT2D eigenvalue weighted by Gasteiger charge is -2.35. The molecule has 2 unspecified atom stereocenters. The van der Waals surface area contributed by atoms with E-state index in [0.717, 1.165) is 31.5 Å². The van der Waals surface area contributed by atoms with Crippen molar-refractivity contribution in [3.63, 3.8) is 0 Å². The van der Waals surface area contributed by atoms with Crippen molar-refractivity contribution in [3.05, 3.63) is 35.4 Å². The molecule has 2 N–H and O–H groups in total. The Bertz CT molecular complexity index is 409. The molecule has 0 bridgehead atoms. The van der Waals surface area contributed by atoms with Gasteiger partial charge in [-0.1, -0.05) is 6.42 Å². The van der Waals surface area contributed by atoms with E-state index in [2.05, 4.69) is 11.8 Å². The monoisotopic (exact) mass is 254 g/mol. The summed E-state index contributed by atoms with van der Waals surface area (Å²) in [7, 11) is 0. The van der Waals surface area contributed by atoms with E-state index in [4.69, 9.17) is 5.73 Å². The molecule has 1 aliphatic heterocycles. The number of piperidine rings is 1. The molecule has 0 amide bonds. The molecule has 100 valence electrons. The zero-order chi connectivity index (χ0) is 13.1. The maximum absolute atomic E-state index is 13.6. The number of likely N-dealkylation sites (tertiary alicyclic amines) is 1. The fourth-order valence-electron chi connectivity index (χ4n) is 2.58. The highest BCUT2D eigenvalue weighted by molar-refractivity contribution is 5.22. The smallest absolute Gasteiger partial charge is 0.128 e. The van der Waals surface area contributed by atoms with Crippen LogP contribution in [0.15, 0.2) is 18.2 Å². The van der Waals surface area contributed by atoms with Crippen LogP contribution in [-0.4, -0.2) is 24.0 Å². The van der Waals surface area contributed by atoms with E-state index in [1.807, 2.05) is 0 Å². The van der Waals surface area contributed by atoms with Gasteiger partial charge in [0.2, 0.25) is 0 Å². The third-order valence-corrected chi connectivity index (χ3v) is 3.73. The highest BCUT2D eigenvalue weighted by Crippen LogP contribution is 2.22. The summed E-state index contributed by atoms with van der Waals surface area (Å²) in [5, 5.41) is 0. The van der Waals surface area contributed by atoms with Crippen molar-refractivity contribution in [2.75, 3.05) is 13.1 Å². The van der Waals surface area contributed by atoms with E-state index in [0.29, 0.717) is 12.6 Å². The third-order valence-electron chi connectivity index (χ3n) is 3.73. The summed E-state index contributed by atoms with van der Waals surface area (Å²) in [6, 6.07) is 3.47. The first kappa shape index (κ1) is 13.4. The minimum absolute atomic E-state index is 0.271. The zero-order valence-corrected chi connectivity index (χ0v) is 10.7. The highest BCUT2D eigenvalue weighted by atomic mass is 19.1. The van der Waals surface area contributed by atoms with Crippen LogP contribution in [-0.2, 0) is 0 Å². The maximum atomic E-state index is 13.6. The summed E-state index contributed by atoms with van der Waals surface area (Å²) >= 11 is 0. The summed E-state index contributed by atoms with van der Waals surface area (Å²) in [6.45, 7) is 3.74. The van der Waals surface area contributed by atoms with E-state index in [1.165, 1.54) is 12.5 Å². The van der Waals surface area contributed by atoms with Crippen LogP contribution >= 0.6 is 0 Å². The molecule has 0 aliphatic carbocycles. The normalized spacial score (nSPS) is 23.0. The summed E-state index contributed by atoms with van der Waals surface area (Å²) in [4.78, 5) is 2.26. The van der Waals surface area contributed by atoms with E-state index < -0.39 is 17.7 Å². The van der Waals surface area contributed by atoms with Crippen molar-refractivity contribution in [3.8, 4) is 0 Å². The molecule has 2 atom stereocenters. The largest absolute Gasteiger partial charge is 0.323 e. The average Bonchev–Trinajstić information content (AvgIpc) is 2.35. The van der Waals surface area contributed by atoms with Crippen molar-refractivity contribution < 1.29 is 8.78 Å². The van der Waals surface area contributed by atoms with Gasteiger partial charge < -0.3 is 5.73 Å². The zero-order valence-electron chi connectivity index (χ0n) is 10.7. The van der Waals surface area contributed by atoms with Crippen LogP contribution in [0.2, 0.25) is 0 Å². The summed E-state index contributed by atoms with van der Waals surface area (Å²) in [5.74, 6) is -0.859. The van der Waals surface area contributed by atoms with Gasteiger partial charge in [0, 0.05) is 24.2 Å². The van der Waals surface area contributed by atoms with Gasteiger partial charge in [-0.3, -0.25) is 4.90 Å². The van der Waals surface area contributed by atoms with Crippen molar-refractivity contribution in [1.82, 2.24) is 4.90 Å². The highest BCUT2D eigenvalue weighted by Gasteiger charge is 2.22. The van der Waals surface area contributed by atoms with E-state index >= 15 is 0 Å². The van der Waals surface area contributed by atoms with Gasteiger partial charge in [0.05, 0.1) is 0 Å². The quantitative estimate of drug-likeness (QED) is 0.898. The number of benzene rings is 1. The topological polar surface area (TPSA) is 29.3 Å². The van der Waals surface area contributed by atoms with Crippen molar-refractivity contribution in [2.24, 2.45) is 5.73 Å². The fourth-order valence-corrected chi connectivity index (χ4v) is 2.58. The van der Waals surface area contributed by atoms with Gasteiger partial charge in [-0.05, 0) is 44.5 Å². The van der Waals surface area contributed by atoms with Crippen molar-refractivity contribution >= 4 is 0 Å². The second kappa shape index (κ2) is 5.76. The van der Waals surface area contributed by atoms with E-state index in [-0.39, 0.29) is 5.56 Å². The molecule has 18 heavy (non-hydrogen) atoms. The predicted molar refractivity (Wildman–Crippen MR) is 68.2 cm³/mol. The lowest BCUT2D eigenvalue weighted by Crippen LogP contribution is -2.41. The molecule has 0 radical (unpaired) electrons. The Morgan fingerprint density at radius 2 is 2.17 bits per heavy atom. The molecule has 1 aliphatic rings. The van der Waals surface area contributed by atoms with Crippen LogP contribution in [0.4, 0.5) is 8.78 Å². The van der Waals surface area contributed by atoms with Gasteiger partial charge in [0.1, 0.15) is 11.6 Å². The summed E-state index contributed by atoms with van der Waals surface area (Å²) < 4.78 is 26.7. The van der Waals surface area contributed by atoms with Crippen molar-refractivity contribution in [2.45, 2.75) is 38.3 Å². The Hall–Kier alpha value is -1.00. The molecule has 0 saturated carbocycles. The summed E-state index contributed by atoms with van der Waals surface area (Å²) in [6.07, 6.45) is 3.54. The summed E-state index contributed by atoms with van der Waals surface area (Å²) in [5.41, 5.74) is 6.28. The molecule has 4 heteroatoms. The standard InChI is InChI=1S/C14H20F2N2/c1-10-4-2-3-7-18(10)9-14(17)12-8-11(15)5-6-13(12)16/h5-6,8,10,14H,2-4,7,9,17H2,1H3. The number of hydrogen-bond donors (Lipinski definition) is 1. The van der Waals surface area contributed by atoms with Gasteiger partial charge in [0.25, 0.3) is 0 Å². The average molecular weight is 254 g/mol. The molecular formula is C14H20F2N2. The maximum Gasteiger partial charge on any atom is 0.128 e. The Balaban J connectivity index is 2.06. The predicted octanol–water partition coefficient (Wildman–Crippen LogP) is 2.84. The molecule has 0 aromatic heterocycles. The number of hydrogen-bond acceptors (Lipinski definition) is 2. The Kier molecular flexibility index (Phi) is 4.30. The van der Waals surface area contributed by atoms with E-state index in [1.54, 1.807) is 0 Å². The molecule has 0 spiro atoms. The number of rotatable bonds is 3. The molecule has 2 nitrogen and oxygen atoms in total. The second-order valence-corrected chi connectivity index (χ2v) is 5.11. The van der Waals surface area contributed by atoms with Crippen LogP contribution in [0.5, 0.6) is 0 Å². The van der Waals surface area contributed by atoms with Gasteiger partial charge >= 0.3 is 0 Å². The molecule has 1 saturated heterocycles. The number of nitrogens with zero attached hydrogens (tertiary/aromatic N) is 1. The van der Waals surface area contributed by atoms with Gasteiger partial charge in [-0.15, -0.1) is 0 Å². The van der Waals surface area contributed by atoms with Crippen LogP contribution in [0.3, 0.4) is 0 Å². The SMILES string of the molecule is CC1CCCCN1CC(N)c1cc(F)ccc1F. The Morgan fingerprint density at radius 3 is 2.89 bits per heavy atom. The van der Waals surface area contributed by atoms with Crippen LogP contribution in [0.1, 0.15) is 37.8 Å². The lowest BCUT2D eigenvalue weighted by atomic mass is 10.0. The van der Waals surface area contributed by atoms with Crippen LogP contribution in [0, 0.1) is 11.6 Å². The molecule has 1 aromatic rings. The van der Waals surface area contributed by atoms with Gasteiger partial charge in [0.15, 0.2) is 0 Å². The third kappa shape index (κ3) is 3.06. The van der Waals surface area contributed by atoms with Gasteiger partial charge in [-0.25, -0.2) is 8.78 Å². The second-order valence-electron chi connectivity index (χ2n) is 5.11. The first-order chi connectivity index (χ1) is 8.58. The van der Waals surface area contributed by atoms with Crippen LogP contribution < -0.4 is 5.73 Å².